The molecule has 1 aromatic heterocycles. The minimum atomic E-state index is 0.145. The molecule has 104 valence electrons. The molecule has 0 radical (unpaired) electrons. The fraction of sp³-hybridized carbons (Fsp3) is 0.733. The second kappa shape index (κ2) is 7.34. The molecule has 0 aliphatic rings. The topological polar surface area (TPSA) is 45.4 Å². The van der Waals surface area contributed by atoms with Crippen molar-refractivity contribution in [1.29, 1.82) is 0 Å². The maximum absolute atomic E-state index is 9.91. The van der Waals surface area contributed by atoms with Crippen LogP contribution >= 0.6 is 0 Å². The van der Waals surface area contributed by atoms with E-state index in [1.807, 2.05) is 0 Å². The highest BCUT2D eigenvalue weighted by Crippen LogP contribution is 2.30. The Bertz CT molecular complexity index is 358. The summed E-state index contributed by atoms with van der Waals surface area (Å²) in [6.07, 6.45) is 8.26. The van der Waals surface area contributed by atoms with E-state index < -0.39 is 0 Å². The Balaban J connectivity index is 2.61. The van der Waals surface area contributed by atoms with E-state index in [9.17, 15) is 10.2 Å². The summed E-state index contributed by atoms with van der Waals surface area (Å²) < 4.78 is 1.43. The molecule has 1 aromatic rings. The molecule has 1 heterocycles. The third-order valence-electron chi connectivity index (χ3n) is 3.67. The summed E-state index contributed by atoms with van der Waals surface area (Å²) in [5, 5.41) is 19.5. The van der Waals surface area contributed by atoms with Crippen LogP contribution < -0.4 is 0 Å². The molecule has 2 N–H and O–H groups in total. The van der Waals surface area contributed by atoms with Crippen molar-refractivity contribution in [1.82, 2.24) is 4.57 Å². The molecular formula is C15H27NO2. The van der Waals surface area contributed by atoms with Crippen LogP contribution in [0, 0.1) is 5.92 Å². The fourth-order valence-corrected chi connectivity index (χ4v) is 2.54. The van der Waals surface area contributed by atoms with Gasteiger partial charge < -0.3 is 10.2 Å². The van der Waals surface area contributed by atoms with Gasteiger partial charge in [0.25, 0.3) is 0 Å². The van der Waals surface area contributed by atoms with Crippen molar-refractivity contribution < 1.29 is 10.2 Å². The molecule has 0 amide bonds. The molecule has 1 atom stereocenters. The minimum absolute atomic E-state index is 0.145. The zero-order valence-corrected chi connectivity index (χ0v) is 11.9. The van der Waals surface area contributed by atoms with Crippen molar-refractivity contribution in [2.45, 2.75) is 58.8 Å². The van der Waals surface area contributed by atoms with Crippen LogP contribution in [0.1, 0.15) is 57.9 Å². The molecule has 0 fully saturated rings. The summed E-state index contributed by atoms with van der Waals surface area (Å²) in [5.74, 6) is 0.977. The van der Waals surface area contributed by atoms with E-state index in [1.54, 1.807) is 13.1 Å². The smallest absolute Gasteiger partial charge is 0.196 e. The SMILES string of the molecule is CCCCCC(CCC)Cc1cc(O)n(C)c1O. The predicted molar refractivity (Wildman–Crippen MR) is 75.0 cm³/mol. The van der Waals surface area contributed by atoms with Gasteiger partial charge in [-0.05, 0) is 12.3 Å². The molecule has 3 heteroatoms. The van der Waals surface area contributed by atoms with Crippen molar-refractivity contribution in [3.8, 4) is 11.8 Å². The number of nitrogens with zero attached hydrogens (tertiary/aromatic N) is 1. The standard InChI is InChI=1S/C15H27NO2/c1-4-6-7-9-12(8-5-2)10-13-11-14(17)16(3)15(13)18/h11-12,17-18H,4-10H2,1-3H3. The number of aromatic nitrogens is 1. The Morgan fingerprint density at radius 1 is 1.11 bits per heavy atom. The van der Waals surface area contributed by atoms with Gasteiger partial charge in [0, 0.05) is 18.7 Å². The second-order valence-electron chi connectivity index (χ2n) is 5.27. The lowest BCUT2D eigenvalue weighted by atomic mass is 9.91. The average Bonchev–Trinajstić information content (AvgIpc) is 2.58. The van der Waals surface area contributed by atoms with Crippen LogP contribution in [-0.2, 0) is 13.5 Å². The summed E-state index contributed by atoms with van der Waals surface area (Å²) in [6, 6.07) is 1.69. The van der Waals surface area contributed by atoms with Crippen molar-refractivity contribution in [2.24, 2.45) is 13.0 Å². The van der Waals surface area contributed by atoms with E-state index in [4.69, 9.17) is 0 Å². The monoisotopic (exact) mass is 253 g/mol. The second-order valence-corrected chi connectivity index (χ2v) is 5.27. The predicted octanol–water partition coefficient (Wildman–Crippen LogP) is 3.98. The maximum atomic E-state index is 9.91. The third-order valence-corrected chi connectivity index (χ3v) is 3.67. The highest BCUT2D eigenvalue weighted by Gasteiger charge is 2.15. The lowest BCUT2D eigenvalue weighted by Gasteiger charge is -2.15. The van der Waals surface area contributed by atoms with E-state index in [1.165, 1.54) is 43.1 Å². The van der Waals surface area contributed by atoms with Gasteiger partial charge in [-0.3, -0.25) is 4.57 Å². The number of rotatable bonds is 8. The molecule has 1 unspecified atom stereocenters. The van der Waals surface area contributed by atoms with Gasteiger partial charge in [-0.1, -0.05) is 52.4 Å². The first kappa shape index (κ1) is 14.9. The van der Waals surface area contributed by atoms with E-state index in [-0.39, 0.29) is 11.8 Å². The molecule has 0 saturated heterocycles. The van der Waals surface area contributed by atoms with Crippen LogP contribution in [0.2, 0.25) is 0 Å². The normalized spacial score (nSPS) is 12.8. The minimum Gasteiger partial charge on any atom is -0.494 e. The van der Waals surface area contributed by atoms with Gasteiger partial charge in [0.2, 0.25) is 0 Å². The lowest BCUT2D eigenvalue weighted by molar-refractivity contribution is 0.377. The molecule has 0 saturated carbocycles. The average molecular weight is 253 g/mol. The van der Waals surface area contributed by atoms with Crippen LogP contribution in [0.5, 0.6) is 11.8 Å². The van der Waals surface area contributed by atoms with Crippen molar-refractivity contribution in [2.75, 3.05) is 0 Å². The highest BCUT2D eigenvalue weighted by molar-refractivity contribution is 5.35. The lowest BCUT2D eigenvalue weighted by Crippen LogP contribution is -2.04. The zero-order chi connectivity index (χ0) is 13.5. The summed E-state index contributed by atoms with van der Waals surface area (Å²) in [5.41, 5.74) is 0.880. The highest BCUT2D eigenvalue weighted by atomic mass is 16.3. The van der Waals surface area contributed by atoms with Crippen LogP contribution in [0.25, 0.3) is 0 Å². The molecule has 1 rings (SSSR count). The molecule has 18 heavy (non-hydrogen) atoms. The first-order valence-corrected chi connectivity index (χ1v) is 7.16. The van der Waals surface area contributed by atoms with Crippen LogP contribution in [-0.4, -0.2) is 14.8 Å². The molecule has 0 aliphatic carbocycles. The maximum Gasteiger partial charge on any atom is 0.196 e. The van der Waals surface area contributed by atoms with Gasteiger partial charge in [0.15, 0.2) is 11.8 Å². The molecule has 0 aliphatic heterocycles. The Morgan fingerprint density at radius 2 is 1.83 bits per heavy atom. The molecular weight excluding hydrogens is 226 g/mol. The van der Waals surface area contributed by atoms with Crippen LogP contribution in [0.4, 0.5) is 0 Å². The third kappa shape index (κ3) is 3.97. The van der Waals surface area contributed by atoms with Crippen LogP contribution in [0.15, 0.2) is 6.07 Å². The zero-order valence-electron chi connectivity index (χ0n) is 11.9. The Kier molecular flexibility index (Phi) is 6.10. The fourth-order valence-electron chi connectivity index (χ4n) is 2.54. The van der Waals surface area contributed by atoms with E-state index in [0.29, 0.717) is 5.92 Å². The van der Waals surface area contributed by atoms with Crippen molar-refractivity contribution >= 4 is 0 Å². The van der Waals surface area contributed by atoms with Gasteiger partial charge in [-0.25, -0.2) is 0 Å². The molecule has 0 aromatic carbocycles. The summed E-state index contributed by atoms with van der Waals surface area (Å²) in [4.78, 5) is 0. The summed E-state index contributed by atoms with van der Waals surface area (Å²) in [7, 11) is 1.68. The van der Waals surface area contributed by atoms with Gasteiger partial charge in [0.1, 0.15) is 0 Å². The number of aromatic hydroxyl groups is 2. The van der Waals surface area contributed by atoms with E-state index >= 15 is 0 Å². The Morgan fingerprint density at radius 3 is 2.33 bits per heavy atom. The molecule has 0 bridgehead atoms. The summed E-state index contributed by atoms with van der Waals surface area (Å²) >= 11 is 0. The number of hydrogen-bond acceptors (Lipinski definition) is 2. The molecule has 0 spiro atoms. The first-order chi connectivity index (χ1) is 8.60. The number of hydrogen-bond donors (Lipinski definition) is 2. The van der Waals surface area contributed by atoms with E-state index in [2.05, 4.69) is 13.8 Å². The van der Waals surface area contributed by atoms with Crippen LogP contribution in [0.3, 0.4) is 0 Å². The first-order valence-electron chi connectivity index (χ1n) is 7.16. The largest absolute Gasteiger partial charge is 0.494 e. The molecule has 3 nitrogen and oxygen atoms in total. The van der Waals surface area contributed by atoms with Gasteiger partial charge in [-0.2, -0.15) is 0 Å². The quantitative estimate of drug-likeness (QED) is 0.688. The van der Waals surface area contributed by atoms with Crippen molar-refractivity contribution in [3.05, 3.63) is 11.6 Å². The Hall–Kier alpha value is -1.12. The van der Waals surface area contributed by atoms with E-state index in [0.717, 1.165) is 12.0 Å². The van der Waals surface area contributed by atoms with Crippen molar-refractivity contribution in [3.63, 3.8) is 0 Å². The summed E-state index contributed by atoms with van der Waals surface area (Å²) in [6.45, 7) is 4.42. The Labute approximate surface area is 110 Å². The van der Waals surface area contributed by atoms with Gasteiger partial charge in [-0.15, -0.1) is 0 Å². The number of unbranched alkanes of at least 4 members (excludes halogenated alkanes) is 2. The van der Waals surface area contributed by atoms with Gasteiger partial charge in [0.05, 0.1) is 0 Å². The van der Waals surface area contributed by atoms with Gasteiger partial charge >= 0.3 is 0 Å².